The molecule has 1 heterocycles. The average Bonchev–Trinajstić information content (AvgIpc) is 2.89. The van der Waals surface area contributed by atoms with Gasteiger partial charge in [-0.15, -0.1) is 0 Å². The van der Waals surface area contributed by atoms with Gasteiger partial charge in [0.05, 0.1) is 0 Å². The zero-order valence-corrected chi connectivity index (χ0v) is 12.2. The Labute approximate surface area is 124 Å². The van der Waals surface area contributed by atoms with Crippen molar-refractivity contribution in [3.63, 3.8) is 0 Å². The molecule has 4 heteroatoms. The number of H-pyrrole nitrogens is 1. The first kappa shape index (κ1) is 12.9. The third-order valence-electron chi connectivity index (χ3n) is 3.01. The van der Waals surface area contributed by atoms with Gasteiger partial charge < -0.3 is 9.72 Å². The van der Waals surface area contributed by atoms with E-state index in [9.17, 15) is 4.79 Å². The maximum Gasteiger partial charge on any atom is 0.355 e. The average molecular weight is 330 g/mol. The fourth-order valence-corrected chi connectivity index (χ4v) is 2.48. The third kappa shape index (κ3) is 2.75. The second-order valence-electron chi connectivity index (χ2n) is 4.48. The number of fused-ring (bicyclic) bond motifs is 1. The highest BCUT2D eigenvalue weighted by Crippen LogP contribution is 2.16. The Morgan fingerprint density at radius 1 is 1.10 bits per heavy atom. The van der Waals surface area contributed by atoms with E-state index in [4.69, 9.17) is 4.74 Å². The van der Waals surface area contributed by atoms with Gasteiger partial charge >= 0.3 is 5.97 Å². The van der Waals surface area contributed by atoms with Crippen molar-refractivity contribution >= 4 is 32.8 Å². The lowest BCUT2D eigenvalue weighted by molar-refractivity contribution is 0.0467. The minimum absolute atomic E-state index is 0.258. The van der Waals surface area contributed by atoms with Gasteiger partial charge in [0.15, 0.2) is 0 Å². The van der Waals surface area contributed by atoms with Crippen molar-refractivity contribution in [1.82, 2.24) is 4.98 Å². The van der Waals surface area contributed by atoms with Crippen LogP contribution in [0, 0.1) is 0 Å². The first-order valence-corrected chi connectivity index (χ1v) is 7.01. The second-order valence-corrected chi connectivity index (χ2v) is 5.39. The van der Waals surface area contributed by atoms with Crippen molar-refractivity contribution in [2.75, 3.05) is 0 Å². The molecule has 1 aromatic heterocycles. The van der Waals surface area contributed by atoms with E-state index in [2.05, 4.69) is 20.9 Å². The molecular weight excluding hydrogens is 318 g/mol. The first-order chi connectivity index (χ1) is 9.72. The molecule has 3 aromatic rings. The van der Waals surface area contributed by atoms with Crippen LogP contribution >= 0.6 is 15.9 Å². The molecule has 0 spiro atoms. The van der Waals surface area contributed by atoms with Crippen molar-refractivity contribution in [3.05, 3.63) is 70.3 Å². The van der Waals surface area contributed by atoms with Crippen molar-refractivity contribution in [1.29, 1.82) is 0 Å². The van der Waals surface area contributed by atoms with Crippen LogP contribution in [0.1, 0.15) is 16.1 Å². The molecule has 0 saturated carbocycles. The number of carbonyl (C=O) groups is 1. The van der Waals surface area contributed by atoms with Gasteiger partial charge in [-0.05, 0) is 29.8 Å². The highest BCUT2D eigenvalue weighted by atomic mass is 79.9. The molecule has 0 unspecified atom stereocenters. The van der Waals surface area contributed by atoms with Crippen LogP contribution in [0.15, 0.2) is 59.1 Å². The number of aromatic nitrogens is 1. The van der Waals surface area contributed by atoms with Gasteiger partial charge in [-0.2, -0.15) is 0 Å². The van der Waals surface area contributed by atoms with Crippen LogP contribution in [0.3, 0.4) is 0 Å². The fourth-order valence-electron chi connectivity index (χ4n) is 2.04. The molecule has 0 fully saturated rings. The molecule has 3 rings (SSSR count). The minimum atomic E-state index is -0.346. The lowest BCUT2D eigenvalue weighted by atomic mass is 10.2. The second kappa shape index (κ2) is 5.51. The van der Waals surface area contributed by atoms with Gasteiger partial charge in [0.2, 0.25) is 0 Å². The lowest BCUT2D eigenvalue weighted by Crippen LogP contribution is -2.05. The van der Waals surface area contributed by atoms with Crippen molar-refractivity contribution in [3.8, 4) is 0 Å². The van der Waals surface area contributed by atoms with E-state index in [0.29, 0.717) is 5.69 Å². The molecule has 3 nitrogen and oxygen atoms in total. The van der Waals surface area contributed by atoms with Crippen molar-refractivity contribution in [2.45, 2.75) is 6.61 Å². The third-order valence-corrected chi connectivity index (χ3v) is 3.50. The van der Waals surface area contributed by atoms with Gasteiger partial charge in [-0.1, -0.05) is 46.3 Å². The predicted octanol–water partition coefficient (Wildman–Crippen LogP) is 4.29. The Morgan fingerprint density at radius 3 is 2.75 bits per heavy atom. The zero-order valence-electron chi connectivity index (χ0n) is 10.6. The summed E-state index contributed by atoms with van der Waals surface area (Å²) in [4.78, 5) is 15.1. The summed E-state index contributed by atoms with van der Waals surface area (Å²) in [5, 5.41) is 1.00. The summed E-state index contributed by atoms with van der Waals surface area (Å²) < 4.78 is 6.28. The van der Waals surface area contributed by atoms with Crippen LogP contribution in [0.2, 0.25) is 0 Å². The molecule has 1 N–H and O–H groups in total. The van der Waals surface area contributed by atoms with E-state index in [0.717, 1.165) is 20.9 Å². The van der Waals surface area contributed by atoms with Gasteiger partial charge in [-0.3, -0.25) is 0 Å². The van der Waals surface area contributed by atoms with Crippen LogP contribution in [0.25, 0.3) is 10.9 Å². The van der Waals surface area contributed by atoms with Gasteiger partial charge in [0, 0.05) is 15.4 Å². The Kier molecular flexibility index (Phi) is 3.56. The summed E-state index contributed by atoms with van der Waals surface area (Å²) in [5.41, 5.74) is 2.35. The fraction of sp³-hybridized carbons (Fsp3) is 0.0625. The lowest BCUT2D eigenvalue weighted by Gasteiger charge is -2.03. The number of carbonyl (C=O) groups excluding carboxylic acids is 1. The molecule has 20 heavy (non-hydrogen) atoms. The van der Waals surface area contributed by atoms with E-state index in [1.54, 1.807) is 6.07 Å². The topological polar surface area (TPSA) is 42.1 Å². The highest BCUT2D eigenvalue weighted by molar-refractivity contribution is 9.10. The number of ether oxygens (including phenoxy) is 1. The summed E-state index contributed by atoms with van der Waals surface area (Å²) in [6, 6.07) is 17.2. The Bertz CT molecular complexity index is 731. The van der Waals surface area contributed by atoms with Gasteiger partial charge in [-0.25, -0.2) is 4.79 Å². The molecule has 0 saturated heterocycles. The molecule has 0 bridgehead atoms. The molecule has 0 radical (unpaired) electrons. The quantitative estimate of drug-likeness (QED) is 0.728. The number of aromatic amines is 1. The molecular formula is C16H12BrNO2. The molecule has 2 aromatic carbocycles. The molecule has 0 aliphatic carbocycles. The van der Waals surface area contributed by atoms with Crippen LogP contribution in [-0.2, 0) is 11.3 Å². The minimum Gasteiger partial charge on any atom is -0.456 e. The van der Waals surface area contributed by atoms with E-state index < -0.39 is 0 Å². The maximum absolute atomic E-state index is 12.0. The number of hydrogen-bond donors (Lipinski definition) is 1. The van der Waals surface area contributed by atoms with Crippen LogP contribution in [0.4, 0.5) is 0 Å². The normalized spacial score (nSPS) is 10.7. The van der Waals surface area contributed by atoms with E-state index in [-0.39, 0.29) is 12.6 Å². The number of halogens is 1. The van der Waals surface area contributed by atoms with Crippen LogP contribution < -0.4 is 0 Å². The maximum atomic E-state index is 12.0. The van der Waals surface area contributed by atoms with E-state index >= 15 is 0 Å². The Hall–Kier alpha value is -2.07. The van der Waals surface area contributed by atoms with Crippen molar-refractivity contribution in [2.24, 2.45) is 0 Å². The van der Waals surface area contributed by atoms with Crippen LogP contribution in [-0.4, -0.2) is 11.0 Å². The standard InChI is InChI=1S/C16H12BrNO2/c17-13-6-3-4-11(8-13)10-20-16(19)15-9-12-5-1-2-7-14(12)18-15/h1-9,18H,10H2. The molecule has 0 aliphatic heterocycles. The Morgan fingerprint density at radius 2 is 1.95 bits per heavy atom. The number of nitrogens with one attached hydrogen (secondary N) is 1. The summed E-state index contributed by atoms with van der Waals surface area (Å²) in [5.74, 6) is -0.346. The van der Waals surface area contributed by atoms with Gasteiger partial charge in [0.1, 0.15) is 12.3 Å². The molecule has 0 atom stereocenters. The van der Waals surface area contributed by atoms with E-state index in [1.165, 1.54) is 0 Å². The largest absolute Gasteiger partial charge is 0.456 e. The molecule has 100 valence electrons. The number of esters is 1. The monoisotopic (exact) mass is 329 g/mol. The number of para-hydroxylation sites is 1. The summed E-state index contributed by atoms with van der Waals surface area (Å²) in [6.45, 7) is 0.258. The SMILES string of the molecule is O=C(OCc1cccc(Br)c1)c1cc2ccccc2[nH]1. The van der Waals surface area contributed by atoms with Crippen LogP contribution in [0.5, 0.6) is 0 Å². The summed E-state index contributed by atoms with van der Waals surface area (Å²) in [6.07, 6.45) is 0. The predicted molar refractivity (Wildman–Crippen MR) is 81.6 cm³/mol. The van der Waals surface area contributed by atoms with Gasteiger partial charge in [0.25, 0.3) is 0 Å². The number of hydrogen-bond acceptors (Lipinski definition) is 2. The number of benzene rings is 2. The van der Waals surface area contributed by atoms with E-state index in [1.807, 2.05) is 48.5 Å². The molecule has 0 amide bonds. The van der Waals surface area contributed by atoms with Crippen molar-refractivity contribution < 1.29 is 9.53 Å². The first-order valence-electron chi connectivity index (χ1n) is 6.22. The summed E-state index contributed by atoms with van der Waals surface area (Å²) >= 11 is 3.39. The Balaban J connectivity index is 1.73. The smallest absolute Gasteiger partial charge is 0.355 e. The summed E-state index contributed by atoms with van der Waals surface area (Å²) in [7, 11) is 0. The highest BCUT2D eigenvalue weighted by Gasteiger charge is 2.10. The number of rotatable bonds is 3. The zero-order chi connectivity index (χ0) is 13.9. The molecule has 0 aliphatic rings.